The summed E-state index contributed by atoms with van der Waals surface area (Å²) in [7, 11) is 3.19. The van der Waals surface area contributed by atoms with Crippen LogP contribution in [0.25, 0.3) is 0 Å². The summed E-state index contributed by atoms with van der Waals surface area (Å²) in [5, 5.41) is 4.90. The van der Waals surface area contributed by atoms with Crippen molar-refractivity contribution in [2.75, 3.05) is 20.6 Å². The normalized spacial score (nSPS) is 11.6. The van der Waals surface area contributed by atoms with Gasteiger partial charge >= 0.3 is 12.1 Å². The molecule has 13 heavy (non-hydrogen) atoms. The van der Waals surface area contributed by atoms with E-state index < -0.39 is 6.03 Å². The van der Waals surface area contributed by atoms with Crippen molar-refractivity contribution in [3.8, 4) is 0 Å². The van der Waals surface area contributed by atoms with Crippen molar-refractivity contribution >= 4 is 12.1 Å². The monoisotopic (exact) mass is 188 g/mol. The second-order valence-corrected chi connectivity index (χ2v) is 2.76. The predicted octanol–water partition coefficient (Wildman–Crippen LogP) is -0.686. The van der Waals surface area contributed by atoms with Crippen LogP contribution >= 0.6 is 0 Å². The number of nitrogens with two attached hydrogens (primary N) is 1. The quantitative estimate of drug-likeness (QED) is 0.547. The second-order valence-electron chi connectivity index (χ2n) is 2.76. The molecule has 0 saturated carbocycles. The van der Waals surface area contributed by atoms with E-state index >= 15 is 0 Å². The molecule has 0 aliphatic carbocycles. The number of nitrogens with one attached hydrogen (secondary N) is 2. The Morgan fingerprint density at radius 1 is 1.54 bits per heavy atom. The molecule has 0 fully saturated rings. The van der Waals surface area contributed by atoms with Crippen LogP contribution in [0.3, 0.4) is 0 Å². The first kappa shape index (κ1) is 11.5. The average Bonchev–Trinajstić information content (AvgIpc) is 2.11. The maximum absolute atomic E-state index is 11.1. The van der Waals surface area contributed by atoms with E-state index in [1.165, 1.54) is 4.90 Å². The number of carbonyl (C=O) groups excluding carboxylic acids is 2. The molecule has 76 valence electrons. The van der Waals surface area contributed by atoms with E-state index in [1.807, 2.05) is 6.92 Å². The van der Waals surface area contributed by atoms with E-state index in [1.54, 1.807) is 14.1 Å². The van der Waals surface area contributed by atoms with Crippen LogP contribution in [-0.2, 0) is 0 Å². The molecule has 1 atom stereocenters. The minimum atomic E-state index is -0.586. The Bertz CT molecular complexity index is 195. The number of amides is 4. The number of primary amides is 1. The fourth-order valence-corrected chi connectivity index (χ4v) is 0.762. The Kier molecular flexibility index (Phi) is 4.64. The summed E-state index contributed by atoms with van der Waals surface area (Å²) in [6, 6.07) is -0.872. The molecular weight excluding hydrogens is 172 g/mol. The third kappa shape index (κ3) is 4.19. The van der Waals surface area contributed by atoms with E-state index in [0.717, 1.165) is 0 Å². The number of nitrogens with zero attached hydrogens (tertiary/aromatic N) is 1. The lowest BCUT2D eigenvalue weighted by Gasteiger charge is -2.24. The lowest BCUT2D eigenvalue weighted by molar-refractivity contribution is 0.194. The molecule has 6 heteroatoms. The lowest BCUT2D eigenvalue weighted by atomic mass is 10.3. The van der Waals surface area contributed by atoms with Crippen LogP contribution in [0.4, 0.5) is 9.59 Å². The van der Waals surface area contributed by atoms with Crippen molar-refractivity contribution in [1.29, 1.82) is 0 Å². The van der Waals surface area contributed by atoms with Crippen molar-refractivity contribution in [1.82, 2.24) is 15.5 Å². The highest BCUT2D eigenvalue weighted by atomic mass is 16.2. The Labute approximate surface area is 77.5 Å². The number of hydrogen-bond acceptors (Lipinski definition) is 2. The molecule has 0 aliphatic heterocycles. The first-order chi connectivity index (χ1) is 5.99. The zero-order chi connectivity index (χ0) is 10.4. The van der Waals surface area contributed by atoms with Crippen molar-refractivity contribution in [3.05, 3.63) is 0 Å². The van der Waals surface area contributed by atoms with Gasteiger partial charge in [-0.25, -0.2) is 9.59 Å². The van der Waals surface area contributed by atoms with Crippen LogP contribution in [0.1, 0.15) is 6.92 Å². The number of urea groups is 2. The largest absolute Gasteiger partial charge is 0.352 e. The SMILES string of the molecule is CNC(=O)N(C)C(C)CNC(N)=O. The molecule has 1 unspecified atom stereocenters. The molecule has 0 aromatic heterocycles. The van der Waals surface area contributed by atoms with Gasteiger partial charge in [-0.2, -0.15) is 0 Å². The molecule has 6 nitrogen and oxygen atoms in total. The van der Waals surface area contributed by atoms with Crippen LogP contribution in [0.15, 0.2) is 0 Å². The summed E-state index contributed by atoms with van der Waals surface area (Å²) in [4.78, 5) is 22.9. The highest BCUT2D eigenvalue weighted by Gasteiger charge is 2.13. The van der Waals surface area contributed by atoms with Crippen LogP contribution in [0.5, 0.6) is 0 Å². The van der Waals surface area contributed by atoms with Crippen molar-refractivity contribution < 1.29 is 9.59 Å². The van der Waals surface area contributed by atoms with Gasteiger partial charge in [-0.3, -0.25) is 0 Å². The van der Waals surface area contributed by atoms with Gasteiger partial charge in [-0.15, -0.1) is 0 Å². The fourth-order valence-electron chi connectivity index (χ4n) is 0.762. The zero-order valence-corrected chi connectivity index (χ0v) is 8.13. The van der Waals surface area contributed by atoms with E-state index in [2.05, 4.69) is 10.6 Å². The van der Waals surface area contributed by atoms with Crippen molar-refractivity contribution in [3.63, 3.8) is 0 Å². The van der Waals surface area contributed by atoms with E-state index in [9.17, 15) is 9.59 Å². The van der Waals surface area contributed by atoms with Gasteiger partial charge in [0.05, 0.1) is 0 Å². The average molecular weight is 188 g/mol. The first-order valence-corrected chi connectivity index (χ1v) is 3.97. The van der Waals surface area contributed by atoms with Gasteiger partial charge in [0, 0.05) is 26.7 Å². The topological polar surface area (TPSA) is 87.5 Å². The molecule has 4 amide bonds. The summed E-state index contributed by atoms with van der Waals surface area (Å²) in [6.07, 6.45) is 0. The summed E-state index contributed by atoms with van der Waals surface area (Å²) in [5.41, 5.74) is 4.88. The maximum Gasteiger partial charge on any atom is 0.317 e. The number of rotatable bonds is 3. The molecule has 0 radical (unpaired) electrons. The van der Waals surface area contributed by atoms with Gasteiger partial charge in [-0.05, 0) is 6.92 Å². The molecule has 0 spiro atoms. The molecule has 0 aliphatic rings. The Balaban J connectivity index is 3.88. The smallest absolute Gasteiger partial charge is 0.317 e. The summed E-state index contributed by atoms with van der Waals surface area (Å²) < 4.78 is 0. The summed E-state index contributed by atoms with van der Waals surface area (Å²) >= 11 is 0. The summed E-state index contributed by atoms with van der Waals surface area (Å²) in [5.74, 6) is 0. The molecule has 0 aromatic rings. The first-order valence-electron chi connectivity index (χ1n) is 3.97. The van der Waals surface area contributed by atoms with Crippen molar-refractivity contribution in [2.45, 2.75) is 13.0 Å². The van der Waals surface area contributed by atoms with Gasteiger partial charge in [0.25, 0.3) is 0 Å². The maximum atomic E-state index is 11.1. The molecule has 0 heterocycles. The highest BCUT2D eigenvalue weighted by molar-refractivity contribution is 5.74. The Morgan fingerprint density at radius 2 is 2.08 bits per heavy atom. The molecule has 0 saturated heterocycles. The van der Waals surface area contributed by atoms with E-state index in [-0.39, 0.29) is 12.1 Å². The standard InChI is InChI=1S/C7H16N4O2/c1-5(4-10-6(8)12)11(3)7(13)9-2/h5H,4H2,1-3H3,(H,9,13)(H3,8,10,12). The zero-order valence-electron chi connectivity index (χ0n) is 8.13. The second kappa shape index (κ2) is 5.23. The molecule has 0 bridgehead atoms. The van der Waals surface area contributed by atoms with Gasteiger partial charge in [0.1, 0.15) is 0 Å². The van der Waals surface area contributed by atoms with Gasteiger partial charge in [-0.1, -0.05) is 0 Å². The lowest BCUT2D eigenvalue weighted by Crippen LogP contribution is -2.47. The fraction of sp³-hybridized carbons (Fsp3) is 0.714. The van der Waals surface area contributed by atoms with Gasteiger partial charge < -0.3 is 21.3 Å². The molecule has 0 rings (SSSR count). The molecular formula is C7H16N4O2. The molecule has 4 N–H and O–H groups in total. The third-order valence-corrected chi connectivity index (χ3v) is 1.77. The Morgan fingerprint density at radius 3 is 2.46 bits per heavy atom. The van der Waals surface area contributed by atoms with Crippen LogP contribution in [-0.4, -0.2) is 43.6 Å². The predicted molar refractivity (Wildman–Crippen MR) is 49.3 cm³/mol. The number of carbonyl (C=O) groups is 2. The highest BCUT2D eigenvalue weighted by Crippen LogP contribution is 1.93. The summed E-state index contributed by atoms with van der Waals surface area (Å²) in [6.45, 7) is 2.16. The van der Waals surface area contributed by atoms with Crippen LogP contribution in [0, 0.1) is 0 Å². The Hall–Kier alpha value is -1.46. The van der Waals surface area contributed by atoms with Crippen LogP contribution < -0.4 is 16.4 Å². The van der Waals surface area contributed by atoms with Gasteiger partial charge in [0.2, 0.25) is 0 Å². The number of likely N-dealkylation sites (N-methyl/N-ethyl adjacent to an activating group) is 1. The van der Waals surface area contributed by atoms with Crippen molar-refractivity contribution in [2.24, 2.45) is 5.73 Å². The minimum absolute atomic E-state index is 0.0903. The van der Waals surface area contributed by atoms with Crippen LogP contribution in [0.2, 0.25) is 0 Å². The van der Waals surface area contributed by atoms with E-state index in [0.29, 0.717) is 6.54 Å². The van der Waals surface area contributed by atoms with Gasteiger partial charge in [0.15, 0.2) is 0 Å². The third-order valence-electron chi connectivity index (χ3n) is 1.77. The number of hydrogen-bond donors (Lipinski definition) is 3. The molecule has 0 aromatic carbocycles. The van der Waals surface area contributed by atoms with E-state index in [4.69, 9.17) is 5.73 Å². The minimum Gasteiger partial charge on any atom is -0.352 e.